The highest BCUT2D eigenvalue weighted by Gasteiger charge is 2.29. The minimum absolute atomic E-state index is 0.231. The standard InChI is InChI=1S/C14H18BrN3O2S/c1-8(18-21(20)14(2,3)4)12-11-7-9(15)5-6-10(11)13(19)17-16-12/h5-8,18H,1-4H3,(H,17,19). The summed E-state index contributed by atoms with van der Waals surface area (Å²) in [5.74, 6) is 0. The lowest BCUT2D eigenvalue weighted by Crippen LogP contribution is -2.41. The summed E-state index contributed by atoms with van der Waals surface area (Å²) in [6.45, 7) is 7.58. The second kappa shape index (κ2) is 6.08. The number of fused-ring (bicyclic) bond motifs is 1. The van der Waals surface area contributed by atoms with E-state index in [1.807, 2.05) is 39.8 Å². The summed E-state index contributed by atoms with van der Waals surface area (Å²) in [5, 5.41) is 7.94. The molecule has 1 aromatic carbocycles. The molecule has 0 aliphatic rings. The van der Waals surface area contributed by atoms with Gasteiger partial charge in [0.25, 0.3) is 5.56 Å². The molecule has 0 fully saturated rings. The summed E-state index contributed by atoms with van der Waals surface area (Å²) in [4.78, 5) is 11.8. The van der Waals surface area contributed by atoms with E-state index in [0.29, 0.717) is 11.1 Å². The zero-order chi connectivity index (χ0) is 15.8. The number of nitrogens with one attached hydrogen (secondary N) is 2. The predicted octanol–water partition coefficient (Wildman–Crippen LogP) is 2.80. The van der Waals surface area contributed by atoms with Gasteiger partial charge < -0.3 is 4.55 Å². The van der Waals surface area contributed by atoms with Crippen molar-refractivity contribution in [2.24, 2.45) is 0 Å². The van der Waals surface area contributed by atoms with E-state index < -0.39 is 11.4 Å². The van der Waals surface area contributed by atoms with Gasteiger partial charge in [0.15, 0.2) is 0 Å². The SMILES string of the molecule is CC(N[S+]([O-])C(C)(C)C)c1n[nH]c(=O)c2ccc(Br)cc12. The lowest BCUT2D eigenvalue weighted by atomic mass is 10.1. The van der Waals surface area contributed by atoms with Crippen molar-refractivity contribution in [1.29, 1.82) is 0 Å². The normalized spacial score (nSPS) is 15.1. The molecule has 2 N–H and O–H groups in total. The van der Waals surface area contributed by atoms with Crippen LogP contribution in [0.25, 0.3) is 10.8 Å². The molecule has 2 atom stereocenters. The van der Waals surface area contributed by atoms with Gasteiger partial charge in [-0.2, -0.15) is 5.10 Å². The third kappa shape index (κ3) is 3.66. The first kappa shape index (κ1) is 16.5. The number of benzene rings is 1. The van der Waals surface area contributed by atoms with E-state index in [1.54, 1.807) is 6.07 Å². The molecule has 0 aliphatic heterocycles. The van der Waals surface area contributed by atoms with Gasteiger partial charge in [0.2, 0.25) is 0 Å². The van der Waals surface area contributed by atoms with Crippen LogP contribution in [-0.4, -0.2) is 19.5 Å². The van der Waals surface area contributed by atoms with Crippen LogP contribution in [0.15, 0.2) is 27.5 Å². The second-order valence-corrected chi connectivity index (χ2v) is 8.76. The zero-order valence-corrected chi connectivity index (χ0v) is 14.8. The van der Waals surface area contributed by atoms with E-state index >= 15 is 0 Å². The zero-order valence-electron chi connectivity index (χ0n) is 12.4. The lowest BCUT2D eigenvalue weighted by molar-refractivity contribution is 0.528. The largest absolute Gasteiger partial charge is 0.598 e. The molecule has 21 heavy (non-hydrogen) atoms. The molecule has 114 valence electrons. The third-order valence-corrected chi connectivity index (χ3v) is 5.20. The van der Waals surface area contributed by atoms with Crippen LogP contribution in [0, 0.1) is 0 Å². The maximum Gasteiger partial charge on any atom is 0.272 e. The minimum atomic E-state index is -1.22. The molecule has 2 rings (SSSR count). The number of aromatic nitrogens is 2. The van der Waals surface area contributed by atoms with Gasteiger partial charge in [-0.25, -0.2) is 5.10 Å². The van der Waals surface area contributed by atoms with Crippen molar-refractivity contribution in [1.82, 2.24) is 14.9 Å². The van der Waals surface area contributed by atoms with E-state index in [9.17, 15) is 9.35 Å². The van der Waals surface area contributed by atoms with Crippen molar-refractivity contribution >= 4 is 38.1 Å². The summed E-state index contributed by atoms with van der Waals surface area (Å²) < 4.78 is 15.7. The highest BCUT2D eigenvalue weighted by Crippen LogP contribution is 2.25. The molecule has 0 amide bonds. The number of nitrogens with zero attached hydrogens (tertiary/aromatic N) is 1. The van der Waals surface area contributed by atoms with Crippen molar-refractivity contribution in [3.63, 3.8) is 0 Å². The Labute approximate surface area is 135 Å². The van der Waals surface area contributed by atoms with Crippen molar-refractivity contribution < 1.29 is 4.55 Å². The Balaban J connectivity index is 2.44. The Kier molecular flexibility index (Phi) is 4.77. The van der Waals surface area contributed by atoms with E-state index in [1.165, 1.54) is 0 Å². The van der Waals surface area contributed by atoms with Crippen LogP contribution in [0.1, 0.15) is 39.4 Å². The molecule has 7 heteroatoms. The number of H-pyrrole nitrogens is 1. The molecule has 1 aromatic heterocycles. The predicted molar refractivity (Wildman–Crippen MR) is 89.5 cm³/mol. The van der Waals surface area contributed by atoms with Gasteiger partial charge in [-0.05, 0) is 45.9 Å². The molecule has 0 radical (unpaired) electrons. The second-order valence-electron chi connectivity index (χ2n) is 5.85. The van der Waals surface area contributed by atoms with Crippen LogP contribution in [0.4, 0.5) is 0 Å². The number of aromatic amines is 1. The summed E-state index contributed by atoms with van der Waals surface area (Å²) in [6.07, 6.45) is 0. The Bertz CT molecular complexity index is 711. The van der Waals surface area contributed by atoms with Crippen LogP contribution in [0.5, 0.6) is 0 Å². The molecule has 5 nitrogen and oxygen atoms in total. The first-order valence-corrected chi connectivity index (χ1v) is 8.50. The molecular weight excluding hydrogens is 354 g/mol. The van der Waals surface area contributed by atoms with Gasteiger partial charge in [-0.1, -0.05) is 15.9 Å². The quantitative estimate of drug-likeness (QED) is 0.812. The van der Waals surface area contributed by atoms with E-state index in [4.69, 9.17) is 0 Å². The minimum Gasteiger partial charge on any atom is -0.598 e. The third-order valence-electron chi connectivity index (χ3n) is 3.03. The van der Waals surface area contributed by atoms with Crippen molar-refractivity contribution in [2.75, 3.05) is 0 Å². The number of hydrogen-bond donors (Lipinski definition) is 2. The molecular formula is C14H18BrN3O2S. The molecule has 2 aromatic rings. The average Bonchev–Trinajstić information content (AvgIpc) is 2.37. The molecule has 0 saturated carbocycles. The van der Waals surface area contributed by atoms with Crippen molar-refractivity contribution in [2.45, 2.75) is 38.5 Å². The van der Waals surface area contributed by atoms with E-state index in [2.05, 4.69) is 30.8 Å². The van der Waals surface area contributed by atoms with Crippen LogP contribution in [-0.2, 0) is 11.4 Å². The first-order chi connectivity index (χ1) is 9.70. The Hall–Kier alpha value is -0.890. The van der Waals surface area contributed by atoms with Gasteiger partial charge in [-0.15, -0.1) is 4.72 Å². The fourth-order valence-electron chi connectivity index (χ4n) is 1.88. The highest BCUT2D eigenvalue weighted by atomic mass is 79.9. The highest BCUT2D eigenvalue weighted by molar-refractivity contribution is 9.10. The van der Waals surface area contributed by atoms with Crippen LogP contribution < -0.4 is 10.3 Å². The van der Waals surface area contributed by atoms with E-state index in [0.717, 1.165) is 9.86 Å². The molecule has 1 heterocycles. The fourth-order valence-corrected chi connectivity index (χ4v) is 3.03. The van der Waals surface area contributed by atoms with E-state index in [-0.39, 0.29) is 16.3 Å². The Morgan fingerprint density at radius 1 is 1.38 bits per heavy atom. The topological polar surface area (TPSA) is 80.8 Å². The van der Waals surface area contributed by atoms with Crippen LogP contribution >= 0.6 is 15.9 Å². The van der Waals surface area contributed by atoms with Gasteiger partial charge in [0.1, 0.15) is 4.75 Å². The molecule has 0 bridgehead atoms. The first-order valence-electron chi connectivity index (χ1n) is 6.56. The van der Waals surface area contributed by atoms with Gasteiger partial charge in [-0.3, -0.25) is 4.79 Å². The van der Waals surface area contributed by atoms with Gasteiger partial charge in [0.05, 0.1) is 17.1 Å². The number of halogens is 1. The van der Waals surface area contributed by atoms with Crippen molar-refractivity contribution in [3.05, 3.63) is 38.7 Å². The Morgan fingerprint density at radius 2 is 2.05 bits per heavy atom. The van der Waals surface area contributed by atoms with Gasteiger partial charge >= 0.3 is 0 Å². The monoisotopic (exact) mass is 371 g/mol. The summed E-state index contributed by atoms with van der Waals surface area (Å²) >= 11 is 2.19. The average molecular weight is 372 g/mol. The lowest BCUT2D eigenvalue weighted by Gasteiger charge is -2.26. The number of rotatable bonds is 3. The maximum atomic E-state index is 12.2. The fraction of sp³-hybridized carbons (Fsp3) is 0.429. The van der Waals surface area contributed by atoms with Crippen molar-refractivity contribution in [3.8, 4) is 0 Å². The summed E-state index contributed by atoms with van der Waals surface area (Å²) in [7, 11) is 0. The van der Waals surface area contributed by atoms with Crippen LogP contribution in [0.2, 0.25) is 0 Å². The number of hydrogen-bond acceptors (Lipinski definition) is 4. The summed E-state index contributed by atoms with van der Waals surface area (Å²) in [5.41, 5.74) is 0.439. The molecule has 0 saturated heterocycles. The molecule has 2 unspecified atom stereocenters. The summed E-state index contributed by atoms with van der Waals surface area (Å²) in [6, 6.07) is 5.16. The molecule has 0 aliphatic carbocycles. The van der Waals surface area contributed by atoms with Gasteiger partial charge in [0, 0.05) is 21.2 Å². The Morgan fingerprint density at radius 3 is 2.67 bits per heavy atom. The smallest absolute Gasteiger partial charge is 0.272 e. The maximum absolute atomic E-state index is 12.2. The van der Waals surface area contributed by atoms with Crippen LogP contribution in [0.3, 0.4) is 0 Å². The molecule has 0 spiro atoms.